The molecule has 104 valence electrons. The number of benzene rings is 1. The van der Waals surface area contributed by atoms with Crippen molar-refractivity contribution < 1.29 is 23.2 Å². The topological polar surface area (TPSA) is 127 Å². The molecule has 19 heavy (non-hydrogen) atoms. The van der Waals surface area contributed by atoms with E-state index < -0.39 is 44.0 Å². The van der Waals surface area contributed by atoms with Gasteiger partial charge in [-0.15, -0.1) is 0 Å². The van der Waals surface area contributed by atoms with Crippen LogP contribution >= 0.6 is 0 Å². The van der Waals surface area contributed by atoms with Crippen LogP contribution in [0.2, 0.25) is 0 Å². The smallest absolute Gasteiger partial charge is 0.304 e. The van der Waals surface area contributed by atoms with Gasteiger partial charge in [0.25, 0.3) is 5.69 Å². The third-order valence-corrected chi connectivity index (χ3v) is 3.83. The number of nitro benzene ring substituents is 1. The Kier molecular flexibility index (Phi) is 4.57. The summed E-state index contributed by atoms with van der Waals surface area (Å²) in [7, 11) is -4.14. The molecule has 1 aromatic carbocycles. The molecule has 0 aliphatic rings. The molecular weight excluding hydrogens is 276 g/mol. The van der Waals surface area contributed by atoms with Gasteiger partial charge in [0, 0.05) is 12.1 Å². The van der Waals surface area contributed by atoms with Crippen LogP contribution in [0.25, 0.3) is 0 Å². The van der Waals surface area contributed by atoms with E-state index in [0.717, 1.165) is 12.1 Å². The second-order valence-corrected chi connectivity index (χ2v) is 5.53. The van der Waals surface area contributed by atoms with Crippen LogP contribution in [0, 0.1) is 10.1 Å². The van der Waals surface area contributed by atoms with Crippen molar-refractivity contribution in [1.29, 1.82) is 0 Å². The minimum absolute atomic E-state index is 0.417. The highest BCUT2D eigenvalue weighted by molar-refractivity contribution is 7.89. The van der Waals surface area contributed by atoms with Gasteiger partial charge < -0.3 is 5.11 Å². The van der Waals surface area contributed by atoms with Gasteiger partial charge in [0.05, 0.1) is 11.3 Å². The lowest BCUT2D eigenvalue weighted by Gasteiger charge is -2.12. The van der Waals surface area contributed by atoms with Gasteiger partial charge in [-0.3, -0.25) is 14.9 Å². The molecule has 8 nitrogen and oxygen atoms in total. The van der Waals surface area contributed by atoms with Crippen LogP contribution in [-0.2, 0) is 14.8 Å². The van der Waals surface area contributed by atoms with E-state index in [1.54, 1.807) is 0 Å². The van der Waals surface area contributed by atoms with Crippen LogP contribution < -0.4 is 4.72 Å². The highest BCUT2D eigenvalue weighted by atomic mass is 32.2. The lowest BCUT2D eigenvalue weighted by molar-refractivity contribution is -0.387. The highest BCUT2D eigenvalue weighted by Crippen LogP contribution is 2.22. The Morgan fingerprint density at radius 3 is 2.58 bits per heavy atom. The number of nitro groups is 1. The Balaban J connectivity index is 3.07. The molecule has 2 N–H and O–H groups in total. The number of carboxylic acid groups (broad SMARTS) is 1. The van der Waals surface area contributed by atoms with Gasteiger partial charge in [0.15, 0.2) is 4.90 Å². The van der Waals surface area contributed by atoms with Crippen LogP contribution in [0.5, 0.6) is 0 Å². The highest BCUT2D eigenvalue weighted by Gasteiger charge is 2.26. The number of hydrogen-bond acceptors (Lipinski definition) is 5. The van der Waals surface area contributed by atoms with Crippen LogP contribution in [0.1, 0.15) is 13.3 Å². The maximum atomic E-state index is 11.9. The van der Waals surface area contributed by atoms with E-state index in [4.69, 9.17) is 5.11 Å². The van der Waals surface area contributed by atoms with Gasteiger partial charge in [-0.2, -0.15) is 0 Å². The molecule has 0 saturated carbocycles. The monoisotopic (exact) mass is 288 g/mol. The quantitative estimate of drug-likeness (QED) is 0.587. The molecule has 1 aromatic rings. The van der Waals surface area contributed by atoms with E-state index in [1.165, 1.54) is 19.1 Å². The summed E-state index contributed by atoms with van der Waals surface area (Å²) in [6.07, 6.45) is -0.417. The van der Waals surface area contributed by atoms with Crippen LogP contribution in [0.4, 0.5) is 5.69 Å². The molecule has 0 saturated heterocycles. The van der Waals surface area contributed by atoms with Gasteiger partial charge in [-0.05, 0) is 13.0 Å². The zero-order chi connectivity index (χ0) is 14.6. The molecule has 0 radical (unpaired) electrons. The van der Waals surface area contributed by atoms with Gasteiger partial charge >= 0.3 is 5.97 Å². The SMILES string of the molecule is CC(CC(=O)O)NS(=O)(=O)c1ccccc1[N+](=O)[O-]. The molecule has 0 bridgehead atoms. The summed E-state index contributed by atoms with van der Waals surface area (Å²) in [5.41, 5.74) is -0.558. The number of carboxylic acids is 1. The van der Waals surface area contributed by atoms with Gasteiger partial charge in [-0.25, -0.2) is 13.1 Å². The van der Waals surface area contributed by atoms with Crippen LogP contribution in [0.15, 0.2) is 29.2 Å². The van der Waals surface area contributed by atoms with Gasteiger partial charge in [0.1, 0.15) is 0 Å². The van der Waals surface area contributed by atoms with Crippen molar-refractivity contribution in [3.63, 3.8) is 0 Å². The second kappa shape index (κ2) is 5.76. The molecule has 1 rings (SSSR count). The zero-order valence-electron chi connectivity index (χ0n) is 9.94. The Hall–Kier alpha value is -2.00. The molecule has 0 aliphatic heterocycles. The first-order chi connectivity index (χ1) is 8.74. The van der Waals surface area contributed by atoms with E-state index in [-0.39, 0.29) is 0 Å². The fourth-order valence-electron chi connectivity index (χ4n) is 1.47. The van der Waals surface area contributed by atoms with E-state index in [1.807, 2.05) is 0 Å². The summed E-state index contributed by atoms with van der Waals surface area (Å²) in [6, 6.07) is 3.98. The number of hydrogen-bond donors (Lipinski definition) is 2. The minimum Gasteiger partial charge on any atom is -0.481 e. The molecule has 0 aromatic heterocycles. The molecule has 0 amide bonds. The Morgan fingerprint density at radius 2 is 2.05 bits per heavy atom. The predicted octanol–water partition coefficient (Wildman–Crippen LogP) is 0.736. The average molecular weight is 288 g/mol. The zero-order valence-corrected chi connectivity index (χ0v) is 10.8. The minimum atomic E-state index is -4.14. The molecule has 0 aliphatic carbocycles. The lowest BCUT2D eigenvalue weighted by atomic mass is 10.3. The molecule has 1 atom stereocenters. The maximum absolute atomic E-state index is 11.9. The van der Waals surface area contributed by atoms with E-state index in [9.17, 15) is 23.3 Å². The number of nitrogens with one attached hydrogen (secondary N) is 1. The number of para-hydroxylation sites is 1. The van der Waals surface area contributed by atoms with Crippen molar-refractivity contribution in [3.8, 4) is 0 Å². The van der Waals surface area contributed by atoms with Crippen molar-refractivity contribution in [2.45, 2.75) is 24.3 Å². The first-order valence-electron chi connectivity index (χ1n) is 5.21. The number of aliphatic carboxylic acids is 1. The molecule has 0 heterocycles. The summed E-state index contributed by atoms with van der Waals surface area (Å²) in [5.74, 6) is -1.17. The fourth-order valence-corrected chi connectivity index (χ4v) is 2.88. The lowest BCUT2D eigenvalue weighted by Crippen LogP contribution is -2.34. The fraction of sp³-hybridized carbons (Fsp3) is 0.300. The summed E-state index contributed by atoms with van der Waals surface area (Å²) in [4.78, 5) is 19.9. The van der Waals surface area contributed by atoms with Crippen LogP contribution in [0.3, 0.4) is 0 Å². The molecule has 0 fully saturated rings. The Bertz CT molecular complexity index is 598. The van der Waals surface area contributed by atoms with Crippen LogP contribution in [-0.4, -0.2) is 30.5 Å². The summed E-state index contributed by atoms with van der Waals surface area (Å²) < 4.78 is 26.0. The number of nitrogens with zero attached hydrogens (tertiary/aromatic N) is 1. The summed E-state index contributed by atoms with van der Waals surface area (Å²) in [6.45, 7) is 1.36. The van der Waals surface area contributed by atoms with E-state index in [0.29, 0.717) is 0 Å². The molecular formula is C10H12N2O6S. The van der Waals surface area contributed by atoms with Gasteiger partial charge in [-0.1, -0.05) is 12.1 Å². The molecule has 9 heteroatoms. The summed E-state index contributed by atoms with van der Waals surface area (Å²) >= 11 is 0. The number of rotatable bonds is 6. The van der Waals surface area contributed by atoms with E-state index in [2.05, 4.69) is 4.72 Å². The van der Waals surface area contributed by atoms with Crippen molar-refractivity contribution >= 4 is 21.7 Å². The number of carbonyl (C=O) groups is 1. The first-order valence-corrected chi connectivity index (χ1v) is 6.70. The molecule has 0 spiro atoms. The first kappa shape index (κ1) is 15.1. The van der Waals surface area contributed by atoms with Crippen molar-refractivity contribution in [2.75, 3.05) is 0 Å². The summed E-state index contributed by atoms with van der Waals surface area (Å²) in [5, 5.41) is 19.3. The average Bonchev–Trinajstić information content (AvgIpc) is 2.26. The van der Waals surface area contributed by atoms with Gasteiger partial charge in [0.2, 0.25) is 10.0 Å². The predicted molar refractivity (Wildman–Crippen MR) is 65.1 cm³/mol. The standard InChI is InChI=1S/C10H12N2O6S/c1-7(6-10(13)14)11-19(17,18)9-5-3-2-4-8(9)12(15)16/h2-5,7,11H,6H2,1H3,(H,13,14). The largest absolute Gasteiger partial charge is 0.481 e. The Morgan fingerprint density at radius 1 is 1.47 bits per heavy atom. The van der Waals surface area contributed by atoms with Crippen molar-refractivity contribution in [1.82, 2.24) is 4.72 Å². The third-order valence-electron chi connectivity index (χ3n) is 2.19. The van der Waals surface area contributed by atoms with E-state index >= 15 is 0 Å². The van der Waals surface area contributed by atoms with Crippen molar-refractivity contribution in [2.24, 2.45) is 0 Å². The Labute approximate surface area is 109 Å². The molecule has 1 unspecified atom stereocenters. The maximum Gasteiger partial charge on any atom is 0.304 e. The number of sulfonamides is 1. The third kappa shape index (κ3) is 4.00. The van der Waals surface area contributed by atoms with Crippen molar-refractivity contribution in [3.05, 3.63) is 34.4 Å². The second-order valence-electron chi connectivity index (χ2n) is 3.85. The normalized spacial score (nSPS) is 12.9.